The normalized spacial score (nSPS) is 8.49. The number of anilines is 1. The van der Waals surface area contributed by atoms with Crippen LogP contribution in [0.3, 0.4) is 0 Å². The lowest BCUT2D eigenvalue weighted by Gasteiger charge is -2.04. The molecular weight excluding hydrogens is 508 g/mol. The fourth-order valence-corrected chi connectivity index (χ4v) is 2.07. The zero-order chi connectivity index (χ0) is 29.6. The lowest BCUT2D eigenvalue weighted by Crippen LogP contribution is -2.51. The second kappa shape index (κ2) is 18.8. The van der Waals surface area contributed by atoms with Crippen LogP contribution in [0.2, 0.25) is 0 Å². The van der Waals surface area contributed by atoms with Gasteiger partial charge in [-0.25, -0.2) is 4.98 Å². The summed E-state index contributed by atoms with van der Waals surface area (Å²) in [5.41, 5.74) is 26.3. The summed E-state index contributed by atoms with van der Waals surface area (Å²) in [5.74, 6) is 1.01. The number of aromatic nitrogens is 6. The maximum absolute atomic E-state index is 8.33. The van der Waals surface area contributed by atoms with Crippen molar-refractivity contribution in [2.24, 2.45) is 22.9 Å². The molecule has 0 saturated heterocycles. The van der Waals surface area contributed by atoms with Crippen LogP contribution in [-0.2, 0) is 0 Å². The summed E-state index contributed by atoms with van der Waals surface area (Å²) in [6, 6.07) is 12.8. The van der Waals surface area contributed by atoms with Gasteiger partial charge in [0.25, 0.3) is 0 Å². The summed E-state index contributed by atoms with van der Waals surface area (Å²) in [4.78, 5) is 32.8. The van der Waals surface area contributed by atoms with Gasteiger partial charge in [-0.1, -0.05) is 0 Å². The molecule has 0 aliphatic heterocycles. The second-order valence-electron chi connectivity index (χ2n) is 6.43. The second-order valence-corrected chi connectivity index (χ2v) is 6.43. The Bertz CT molecular complexity index is 1240. The minimum atomic E-state index is -2.33. The number of pyridine rings is 3. The standard InChI is InChI=1S/C13H10N6.C6H4N2.2CH5N3.CH2O3/c14-13-18-11(9-3-1-5-15-7-9)17-12(19-13)10-4-2-6-16-8-10;7-4-6-2-1-3-8-5-6;3*2-1(3)4/h1-8H,(H2,14,17,18,19);1-3,5H;2*(H5,2,3,4);(H2,2,3,4). The smallest absolute Gasteiger partial charge is 0.336 e. The molecule has 0 radical (unpaired) electrons. The first-order valence-electron chi connectivity index (χ1n) is 10.2. The molecule has 0 bridgehead atoms. The lowest BCUT2D eigenvalue weighted by molar-refractivity contribution is -0.415. The predicted molar refractivity (Wildman–Crippen MR) is 136 cm³/mol. The van der Waals surface area contributed by atoms with Crippen LogP contribution >= 0.6 is 0 Å². The number of carbonyl (C=O) groups excluding carboxylic acids is 1. The molecule has 0 aliphatic rings. The van der Waals surface area contributed by atoms with Gasteiger partial charge in [-0.05, 0) is 42.6 Å². The molecule has 0 amide bonds. The van der Waals surface area contributed by atoms with Gasteiger partial charge in [0, 0.05) is 48.3 Å². The van der Waals surface area contributed by atoms with E-state index >= 15 is 0 Å². The van der Waals surface area contributed by atoms with Crippen molar-refractivity contribution >= 4 is 24.0 Å². The Labute approximate surface area is 222 Å². The molecule has 0 aliphatic carbocycles. The van der Waals surface area contributed by atoms with E-state index in [9.17, 15) is 0 Å². The number of carbonyl (C=O) groups is 1. The van der Waals surface area contributed by atoms with Gasteiger partial charge in [0.05, 0.1) is 5.56 Å². The van der Waals surface area contributed by atoms with Crippen molar-refractivity contribution in [3.05, 3.63) is 79.1 Å². The van der Waals surface area contributed by atoms with Gasteiger partial charge in [0.1, 0.15) is 6.07 Å². The van der Waals surface area contributed by atoms with E-state index in [4.69, 9.17) is 26.0 Å². The first-order chi connectivity index (χ1) is 18.5. The number of nitrogens with two attached hydrogens (primary N) is 7. The quantitative estimate of drug-likeness (QED) is 0.0929. The summed E-state index contributed by atoms with van der Waals surface area (Å²) in [6.45, 7) is 0. The van der Waals surface area contributed by atoms with Gasteiger partial charge in [-0.3, -0.25) is 48.7 Å². The maximum atomic E-state index is 8.33. The molecule has 0 saturated carbocycles. The van der Waals surface area contributed by atoms with Crippen LogP contribution < -0.4 is 49.7 Å². The van der Waals surface area contributed by atoms with Crippen molar-refractivity contribution in [3.8, 4) is 28.8 Å². The molecule has 4 heterocycles. The molecule has 0 aromatic carbocycles. The highest BCUT2D eigenvalue weighted by Gasteiger charge is 2.08. The fraction of sp³-hybridized carbons (Fsp3) is 0. The molecule has 4 aromatic heterocycles. The molecule has 39 heavy (non-hydrogen) atoms. The number of guanidine groups is 2. The fourth-order valence-electron chi connectivity index (χ4n) is 2.07. The first-order valence-corrected chi connectivity index (χ1v) is 10.2. The number of nitrogens with zero attached hydrogens (tertiary/aromatic N) is 7. The minimum absolute atomic E-state index is 0.0833. The van der Waals surface area contributed by atoms with Gasteiger partial charge in [0.2, 0.25) is 5.95 Å². The monoisotopic (exact) mass is 534 g/mol. The van der Waals surface area contributed by atoms with E-state index in [0.29, 0.717) is 17.2 Å². The molecule has 14 N–H and O–H groups in total. The molecule has 4 aromatic rings. The predicted octanol–water partition coefficient (Wildman–Crippen LogP) is -5.88. The summed E-state index contributed by atoms with van der Waals surface area (Å²) in [7, 11) is 0. The van der Waals surface area contributed by atoms with Gasteiger partial charge < -0.3 is 20.7 Å². The zero-order valence-electron chi connectivity index (χ0n) is 20.3. The van der Waals surface area contributed by atoms with Crippen LogP contribution in [0.5, 0.6) is 0 Å². The van der Waals surface area contributed by atoms with Gasteiger partial charge in [-0.15, -0.1) is 0 Å². The summed E-state index contributed by atoms with van der Waals surface area (Å²) in [6.07, 6.45) is 7.58. The van der Waals surface area contributed by atoms with E-state index < -0.39 is 6.16 Å². The van der Waals surface area contributed by atoms with Crippen LogP contribution in [0.4, 0.5) is 10.7 Å². The summed E-state index contributed by atoms with van der Waals surface area (Å²) < 4.78 is 0. The van der Waals surface area contributed by atoms with E-state index in [1.165, 1.54) is 6.20 Å². The Morgan fingerprint density at radius 2 is 1.10 bits per heavy atom. The average molecular weight is 535 g/mol. The highest BCUT2D eigenvalue weighted by molar-refractivity contribution is 5.68. The van der Waals surface area contributed by atoms with E-state index in [0.717, 1.165) is 11.1 Å². The summed E-state index contributed by atoms with van der Waals surface area (Å²) >= 11 is 0. The Morgan fingerprint density at radius 3 is 1.36 bits per heavy atom. The molecular formula is C22H26N14O3. The SMILES string of the molecule is N#Cc1cccnc1.NC(N)=[NH2+].NC(N)=[NH2+].Nc1nc(-c2cccnc2)nc(-c2cccnc2)n1.O=C([O-])[O-]. The minimum Gasteiger partial charge on any atom is -0.652 e. The maximum Gasteiger partial charge on any atom is 0.336 e. The molecule has 17 heteroatoms. The number of nitriles is 1. The van der Waals surface area contributed by atoms with E-state index in [1.54, 1.807) is 43.1 Å². The van der Waals surface area contributed by atoms with E-state index in [-0.39, 0.29) is 17.9 Å². The highest BCUT2D eigenvalue weighted by atomic mass is 16.6. The van der Waals surface area contributed by atoms with Crippen LogP contribution in [0.1, 0.15) is 5.56 Å². The topological polar surface area (TPSA) is 346 Å². The Kier molecular flexibility index (Phi) is 15.7. The average Bonchev–Trinajstić information content (AvgIpc) is 2.89. The summed E-state index contributed by atoms with van der Waals surface area (Å²) in [5, 5.41) is 34.1. The highest BCUT2D eigenvalue weighted by Crippen LogP contribution is 2.19. The third kappa shape index (κ3) is 17.6. The molecule has 4 rings (SSSR count). The molecule has 0 spiro atoms. The molecule has 0 fully saturated rings. The number of hydrogen-bond acceptors (Lipinski definition) is 11. The molecule has 17 nitrogen and oxygen atoms in total. The number of hydrogen-bond donors (Lipinski definition) is 7. The van der Waals surface area contributed by atoms with Crippen LogP contribution in [-0.4, -0.2) is 48.0 Å². The van der Waals surface area contributed by atoms with Gasteiger partial charge >= 0.3 is 11.9 Å². The molecule has 0 atom stereocenters. The van der Waals surface area contributed by atoms with Gasteiger partial charge in [0.15, 0.2) is 11.6 Å². The van der Waals surface area contributed by atoms with Crippen molar-refractivity contribution in [2.75, 3.05) is 5.73 Å². The van der Waals surface area contributed by atoms with Crippen LogP contribution in [0.15, 0.2) is 73.6 Å². The Balaban J connectivity index is 0.000000595. The Hall–Kier alpha value is -6.44. The van der Waals surface area contributed by atoms with Crippen molar-refractivity contribution in [1.82, 2.24) is 29.9 Å². The largest absolute Gasteiger partial charge is 0.652 e. The zero-order valence-corrected chi connectivity index (χ0v) is 20.3. The third-order valence-corrected chi connectivity index (χ3v) is 3.28. The third-order valence-electron chi connectivity index (χ3n) is 3.28. The van der Waals surface area contributed by atoms with E-state index in [2.05, 4.69) is 63.7 Å². The Morgan fingerprint density at radius 1 is 0.744 bits per heavy atom. The van der Waals surface area contributed by atoms with Crippen molar-refractivity contribution < 1.29 is 25.8 Å². The van der Waals surface area contributed by atoms with Crippen molar-refractivity contribution in [1.29, 1.82) is 5.26 Å². The first kappa shape index (κ1) is 32.6. The van der Waals surface area contributed by atoms with Crippen LogP contribution in [0.25, 0.3) is 22.8 Å². The molecule has 202 valence electrons. The van der Waals surface area contributed by atoms with Crippen molar-refractivity contribution in [3.63, 3.8) is 0 Å². The number of nitrogen functional groups attached to an aromatic ring is 1. The van der Waals surface area contributed by atoms with E-state index in [1.807, 2.05) is 30.3 Å². The lowest BCUT2D eigenvalue weighted by atomic mass is 10.2. The number of carboxylic acid groups (broad SMARTS) is 2. The number of rotatable bonds is 2. The molecule has 0 unspecified atom stereocenters. The van der Waals surface area contributed by atoms with Crippen LogP contribution in [0, 0.1) is 11.3 Å². The van der Waals surface area contributed by atoms with Crippen molar-refractivity contribution in [2.45, 2.75) is 0 Å². The van der Waals surface area contributed by atoms with Gasteiger partial charge in [-0.2, -0.15) is 15.2 Å².